The largest absolute Gasteiger partial charge is 0.332 e. The van der Waals surface area contributed by atoms with Gasteiger partial charge < -0.3 is 0 Å². The van der Waals surface area contributed by atoms with Crippen molar-refractivity contribution in [3.63, 3.8) is 0 Å². The zero-order chi connectivity index (χ0) is 10.8. The fraction of sp³-hybridized carbons (Fsp3) is 0.364. The lowest BCUT2D eigenvalue weighted by molar-refractivity contribution is -0.648. The third-order valence-corrected chi connectivity index (χ3v) is 3.97. The van der Waals surface area contributed by atoms with Crippen molar-refractivity contribution in [3.05, 3.63) is 23.8 Å². The summed E-state index contributed by atoms with van der Waals surface area (Å²) >= 11 is 3.52. The second-order valence-electron chi connectivity index (χ2n) is 3.56. The summed E-state index contributed by atoms with van der Waals surface area (Å²) in [7, 11) is 0. The van der Waals surface area contributed by atoms with Gasteiger partial charge >= 0.3 is 5.13 Å². The van der Waals surface area contributed by atoms with Crippen LogP contribution in [-0.4, -0.2) is 12.0 Å². The normalized spacial score (nSPS) is 11.1. The van der Waals surface area contributed by atoms with Crippen molar-refractivity contribution >= 4 is 38.4 Å². The summed E-state index contributed by atoms with van der Waals surface area (Å²) in [5.74, 6) is 1.11. The summed E-state index contributed by atoms with van der Waals surface area (Å²) in [6.07, 6.45) is 2.12. The van der Waals surface area contributed by atoms with Crippen LogP contribution in [0.3, 0.4) is 0 Å². The Balaban J connectivity index is 2.48. The van der Waals surface area contributed by atoms with Gasteiger partial charge in [-0.25, -0.2) is 4.57 Å². The number of thioether (sulfide) groups is 1. The van der Waals surface area contributed by atoms with Crippen molar-refractivity contribution < 1.29 is 4.57 Å². The summed E-state index contributed by atoms with van der Waals surface area (Å²) in [6.45, 7) is 3.11. The molecule has 0 radical (unpaired) electrons. The predicted molar refractivity (Wildman–Crippen MR) is 69.6 cm³/mol. The van der Waals surface area contributed by atoms with Crippen molar-refractivity contribution in [1.29, 1.82) is 0 Å². The van der Waals surface area contributed by atoms with Crippen molar-refractivity contribution in [2.75, 3.05) is 17.7 Å². The number of rotatable bonds is 3. The van der Waals surface area contributed by atoms with Gasteiger partial charge in [0.25, 0.3) is 0 Å². The molecule has 80 valence electrons. The molecule has 0 unspecified atom stereocenters. The van der Waals surface area contributed by atoms with Gasteiger partial charge in [0.2, 0.25) is 0 Å². The molecule has 0 saturated heterocycles. The maximum Gasteiger partial charge on any atom is 0.332 e. The Morgan fingerprint density at radius 3 is 3.00 bits per heavy atom. The Kier molecular flexibility index (Phi) is 3.17. The number of thiazole rings is 1. The SMILES string of the molecule is CSCC[n+]1c(N)sc2cc(C)ccc21. The van der Waals surface area contributed by atoms with Crippen LogP contribution in [0.1, 0.15) is 5.56 Å². The van der Waals surface area contributed by atoms with E-state index in [1.54, 1.807) is 11.3 Å². The highest BCUT2D eigenvalue weighted by Crippen LogP contribution is 2.23. The highest BCUT2D eigenvalue weighted by atomic mass is 32.2. The van der Waals surface area contributed by atoms with E-state index in [0.29, 0.717) is 0 Å². The molecule has 2 rings (SSSR count). The van der Waals surface area contributed by atoms with Crippen LogP contribution in [0.5, 0.6) is 0 Å². The summed E-state index contributed by atoms with van der Waals surface area (Å²) in [5, 5.41) is 0.907. The molecule has 0 fully saturated rings. The molecular formula is C11H15N2S2+. The van der Waals surface area contributed by atoms with Crippen LogP contribution in [0.25, 0.3) is 10.2 Å². The number of aryl methyl sites for hydroxylation is 2. The number of hydrogen-bond donors (Lipinski definition) is 1. The van der Waals surface area contributed by atoms with Crippen molar-refractivity contribution in [1.82, 2.24) is 0 Å². The maximum atomic E-state index is 6.02. The lowest BCUT2D eigenvalue weighted by atomic mass is 10.2. The number of nitrogens with zero attached hydrogens (tertiary/aromatic N) is 1. The molecule has 0 aliphatic rings. The van der Waals surface area contributed by atoms with E-state index in [1.807, 2.05) is 11.8 Å². The van der Waals surface area contributed by atoms with Gasteiger partial charge in [-0.3, -0.25) is 5.73 Å². The smallest absolute Gasteiger partial charge is 0.278 e. The van der Waals surface area contributed by atoms with Crippen molar-refractivity contribution in [3.8, 4) is 0 Å². The predicted octanol–water partition coefficient (Wildman–Crippen LogP) is 2.44. The lowest BCUT2D eigenvalue weighted by Crippen LogP contribution is -2.36. The van der Waals surface area contributed by atoms with Crippen LogP contribution in [-0.2, 0) is 6.54 Å². The van der Waals surface area contributed by atoms with Gasteiger partial charge in [-0.15, -0.1) is 0 Å². The fourth-order valence-corrected chi connectivity index (χ4v) is 3.04. The number of nitrogen functional groups attached to an aromatic ring is 1. The first-order valence-corrected chi connectivity index (χ1v) is 7.11. The number of fused-ring (bicyclic) bond motifs is 1. The molecule has 0 bridgehead atoms. The van der Waals surface area contributed by atoms with E-state index in [-0.39, 0.29) is 0 Å². The third-order valence-electron chi connectivity index (χ3n) is 2.41. The monoisotopic (exact) mass is 239 g/mol. The van der Waals surface area contributed by atoms with Gasteiger partial charge in [-0.2, -0.15) is 11.8 Å². The Labute approximate surface area is 98.1 Å². The average Bonchev–Trinajstić information content (AvgIpc) is 2.50. The molecule has 2 N–H and O–H groups in total. The number of nitrogens with two attached hydrogens (primary N) is 1. The van der Waals surface area contributed by atoms with Crippen LogP contribution in [0.15, 0.2) is 18.2 Å². The van der Waals surface area contributed by atoms with Gasteiger partial charge in [0, 0.05) is 5.75 Å². The number of hydrogen-bond acceptors (Lipinski definition) is 3. The van der Waals surface area contributed by atoms with E-state index in [1.165, 1.54) is 15.8 Å². The van der Waals surface area contributed by atoms with Crippen molar-refractivity contribution in [2.45, 2.75) is 13.5 Å². The van der Waals surface area contributed by atoms with E-state index >= 15 is 0 Å². The summed E-state index contributed by atoms with van der Waals surface area (Å²) < 4.78 is 3.49. The van der Waals surface area contributed by atoms with Crippen molar-refractivity contribution in [2.24, 2.45) is 0 Å². The van der Waals surface area contributed by atoms with Gasteiger partial charge in [-0.1, -0.05) is 6.07 Å². The summed E-state index contributed by atoms with van der Waals surface area (Å²) in [5.41, 5.74) is 8.57. The molecule has 2 nitrogen and oxygen atoms in total. The quantitative estimate of drug-likeness (QED) is 0.834. The van der Waals surface area contributed by atoms with E-state index in [9.17, 15) is 0 Å². The number of benzene rings is 1. The Morgan fingerprint density at radius 1 is 1.47 bits per heavy atom. The van der Waals surface area contributed by atoms with E-state index < -0.39 is 0 Å². The minimum atomic E-state index is 0.907. The molecule has 0 aliphatic carbocycles. The Morgan fingerprint density at radius 2 is 2.27 bits per heavy atom. The topological polar surface area (TPSA) is 29.9 Å². The molecule has 2 aromatic rings. The maximum absolute atomic E-state index is 6.02. The van der Waals surface area contributed by atoms with Crippen LogP contribution >= 0.6 is 23.1 Å². The van der Waals surface area contributed by atoms with Crippen LogP contribution in [0.4, 0.5) is 5.13 Å². The first kappa shape index (κ1) is 10.8. The highest BCUT2D eigenvalue weighted by Gasteiger charge is 2.13. The van der Waals surface area contributed by atoms with E-state index in [2.05, 4.69) is 35.9 Å². The first-order chi connectivity index (χ1) is 7.22. The Hall–Kier alpha value is -0.740. The zero-order valence-corrected chi connectivity index (χ0v) is 10.6. The molecule has 0 saturated carbocycles. The molecule has 1 heterocycles. The van der Waals surface area contributed by atoms with Gasteiger partial charge in [-0.05, 0) is 42.2 Å². The summed E-state index contributed by atoms with van der Waals surface area (Å²) in [4.78, 5) is 0. The minimum Gasteiger partial charge on any atom is -0.278 e. The van der Waals surface area contributed by atoms with Crippen LogP contribution in [0, 0.1) is 6.92 Å². The second-order valence-corrected chi connectivity index (χ2v) is 5.60. The van der Waals surface area contributed by atoms with E-state index in [0.717, 1.165) is 17.4 Å². The molecule has 0 atom stereocenters. The molecule has 0 aliphatic heterocycles. The van der Waals surface area contributed by atoms with Gasteiger partial charge in [0.15, 0.2) is 0 Å². The number of aromatic nitrogens is 1. The highest BCUT2D eigenvalue weighted by molar-refractivity contribution is 7.98. The van der Waals surface area contributed by atoms with Crippen LogP contribution in [0.2, 0.25) is 0 Å². The second kappa shape index (κ2) is 4.41. The first-order valence-electron chi connectivity index (χ1n) is 4.90. The lowest BCUT2D eigenvalue weighted by Gasteiger charge is -1.98. The molecule has 1 aromatic carbocycles. The van der Waals surface area contributed by atoms with Gasteiger partial charge in [0.05, 0.1) is 4.70 Å². The Bertz CT molecular complexity index is 477. The molecule has 0 spiro atoms. The minimum absolute atomic E-state index is 0.907. The molecular weight excluding hydrogens is 224 g/mol. The number of anilines is 1. The fourth-order valence-electron chi connectivity index (χ4n) is 1.63. The summed E-state index contributed by atoms with van der Waals surface area (Å²) in [6, 6.07) is 6.51. The molecule has 0 amide bonds. The zero-order valence-electron chi connectivity index (χ0n) is 8.99. The molecule has 15 heavy (non-hydrogen) atoms. The van der Waals surface area contributed by atoms with E-state index in [4.69, 9.17) is 5.73 Å². The average molecular weight is 239 g/mol. The molecule has 1 aromatic heterocycles. The molecule has 4 heteroatoms. The van der Waals surface area contributed by atoms with Crippen LogP contribution < -0.4 is 10.3 Å². The standard InChI is InChI=1S/C11H14N2S2/c1-8-3-4-9-10(7-8)15-11(12)13(9)5-6-14-2/h3-4,7,12H,5-6H2,1-2H3/p+1. The third kappa shape index (κ3) is 2.11. The van der Waals surface area contributed by atoms with Gasteiger partial charge in [0.1, 0.15) is 12.1 Å².